The van der Waals surface area contributed by atoms with Crippen LogP contribution in [0.1, 0.15) is 36.4 Å². The lowest BCUT2D eigenvalue weighted by Crippen LogP contribution is -2.22. The van der Waals surface area contributed by atoms with Crippen molar-refractivity contribution in [2.24, 2.45) is 0 Å². The maximum absolute atomic E-state index is 6.21. The molecule has 1 nitrogen and oxygen atoms in total. The number of thiophene rings is 1. The second kappa shape index (κ2) is 6.07. The van der Waals surface area contributed by atoms with Crippen molar-refractivity contribution in [2.75, 3.05) is 0 Å². The highest BCUT2D eigenvalue weighted by atomic mass is 35.5. The molecule has 0 amide bonds. The van der Waals surface area contributed by atoms with E-state index in [1.54, 1.807) is 17.4 Å². The molecule has 4 heteroatoms. The Kier molecular flexibility index (Phi) is 4.68. The predicted octanol–water partition coefficient (Wildman–Crippen LogP) is 5.47. The third kappa shape index (κ3) is 3.27. The maximum atomic E-state index is 6.21. The molecule has 0 bridgehead atoms. The van der Waals surface area contributed by atoms with Crippen molar-refractivity contribution in [3.8, 4) is 0 Å². The Morgan fingerprint density at radius 2 is 1.89 bits per heavy atom. The number of halogens is 2. The van der Waals surface area contributed by atoms with Gasteiger partial charge in [-0.3, -0.25) is 0 Å². The molecule has 0 radical (unpaired) electrons. The van der Waals surface area contributed by atoms with Crippen molar-refractivity contribution in [3.05, 3.63) is 56.2 Å². The summed E-state index contributed by atoms with van der Waals surface area (Å²) >= 11 is 13.9. The molecular weight excluding hydrogens is 285 g/mol. The molecule has 18 heavy (non-hydrogen) atoms. The molecule has 0 aliphatic rings. The monoisotopic (exact) mass is 299 g/mol. The fourth-order valence-electron chi connectivity index (χ4n) is 1.94. The summed E-state index contributed by atoms with van der Waals surface area (Å²) in [7, 11) is 0. The van der Waals surface area contributed by atoms with Crippen LogP contribution in [-0.4, -0.2) is 0 Å². The van der Waals surface area contributed by atoms with E-state index in [2.05, 4.69) is 36.7 Å². The van der Waals surface area contributed by atoms with Gasteiger partial charge in [0.1, 0.15) is 0 Å². The van der Waals surface area contributed by atoms with Crippen molar-refractivity contribution >= 4 is 34.5 Å². The largest absolute Gasteiger partial charge is 0.303 e. The molecule has 1 aromatic heterocycles. The second-order valence-electron chi connectivity index (χ2n) is 4.29. The van der Waals surface area contributed by atoms with Gasteiger partial charge in [0.15, 0.2) is 0 Å². The van der Waals surface area contributed by atoms with Gasteiger partial charge in [-0.05, 0) is 43.0 Å². The van der Waals surface area contributed by atoms with Gasteiger partial charge in [0, 0.05) is 27.0 Å². The second-order valence-corrected chi connectivity index (χ2v) is 6.11. The summed E-state index contributed by atoms with van der Waals surface area (Å²) in [6.45, 7) is 4.27. The van der Waals surface area contributed by atoms with E-state index in [0.29, 0.717) is 16.1 Å². The Hall–Kier alpha value is -0.540. The Bertz CT molecular complexity index is 511. The minimum Gasteiger partial charge on any atom is -0.303 e. The molecule has 0 aliphatic carbocycles. The highest BCUT2D eigenvalue weighted by Gasteiger charge is 2.14. The molecule has 2 aromatic rings. The molecule has 1 unspecified atom stereocenters. The van der Waals surface area contributed by atoms with E-state index in [1.165, 1.54) is 4.88 Å². The van der Waals surface area contributed by atoms with Gasteiger partial charge in [-0.2, -0.15) is 0 Å². The average molecular weight is 300 g/mol. The number of hydrogen-bond donors (Lipinski definition) is 1. The molecule has 1 heterocycles. The summed E-state index contributed by atoms with van der Waals surface area (Å²) in [5, 5.41) is 7.01. The van der Waals surface area contributed by atoms with E-state index in [9.17, 15) is 0 Å². The quantitative estimate of drug-likeness (QED) is 0.789. The van der Waals surface area contributed by atoms with E-state index in [-0.39, 0.29) is 6.04 Å². The maximum Gasteiger partial charge on any atom is 0.0468 e. The first-order valence-electron chi connectivity index (χ1n) is 5.82. The SMILES string of the molecule is CC(N[C@H](C)c1cccs1)c1ccc(Cl)cc1Cl. The number of benzene rings is 1. The van der Waals surface area contributed by atoms with Gasteiger partial charge in [0.05, 0.1) is 0 Å². The third-order valence-electron chi connectivity index (χ3n) is 2.90. The highest BCUT2D eigenvalue weighted by molar-refractivity contribution is 7.10. The van der Waals surface area contributed by atoms with Gasteiger partial charge in [-0.15, -0.1) is 11.3 Å². The minimum absolute atomic E-state index is 0.187. The van der Waals surface area contributed by atoms with Crippen LogP contribution in [0.2, 0.25) is 10.0 Å². The van der Waals surface area contributed by atoms with Crippen LogP contribution in [0, 0.1) is 0 Å². The van der Waals surface area contributed by atoms with E-state index in [1.807, 2.05) is 12.1 Å². The minimum atomic E-state index is 0.187. The topological polar surface area (TPSA) is 12.0 Å². The third-order valence-corrected chi connectivity index (χ3v) is 4.52. The fraction of sp³-hybridized carbons (Fsp3) is 0.286. The summed E-state index contributed by atoms with van der Waals surface area (Å²) in [5.74, 6) is 0. The van der Waals surface area contributed by atoms with E-state index < -0.39 is 0 Å². The lowest BCUT2D eigenvalue weighted by molar-refractivity contribution is 0.500. The van der Waals surface area contributed by atoms with E-state index >= 15 is 0 Å². The van der Waals surface area contributed by atoms with Gasteiger partial charge in [0.2, 0.25) is 0 Å². The first-order chi connectivity index (χ1) is 8.58. The predicted molar refractivity (Wildman–Crippen MR) is 80.7 cm³/mol. The van der Waals surface area contributed by atoms with Crippen LogP contribution in [0.25, 0.3) is 0 Å². The van der Waals surface area contributed by atoms with Gasteiger partial charge in [-0.1, -0.05) is 35.3 Å². The molecule has 0 spiro atoms. The smallest absolute Gasteiger partial charge is 0.0468 e. The Morgan fingerprint density at radius 3 is 2.50 bits per heavy atom. The van der Waals surface area contributed by atoms with Gasteiger partial charge < -0.3 is 5.32 Å². The average Bonchev–Trinajstić information content (AvgIpc) is 2.81. The standard InChI is InChI=1S/C14H15Cl2NS/c1-9(12-6-5-11(15)8-13(12)16)17-10(2)14-4-3-7-18-14/h3-10,17H,1-2H3/t9?,10-/m1/s1. The Balaban J connectivity index is 2.10. The summed E-state index contributed by atoms with van der Waals surface area (Å²) in [5.41, 5.74) is 1.07. The Morgan fingerprint density at radius 1 is 1.11 bits per heavy atom. The van der Waals surface area contributed by atoms with Crippen LogP contribution in [-0.2, 0) is 0 Å². The fourth-order valence-corrected chi connectivity index (χ4v) is 3.25. The zero-order valence-corrected chi connectivity index (χ0v) is 12.6. The van der Waals surface area contributed by atoms with E-state index in [0.717, 1.165) is 5.56 Å². The van der Waals surface area contributed by atoms with Crippen molar-refractivity contribution in [1.82, 2.24) is 5.32 Å². The molecule has 0 saturated heterocycles. The first-order valence-corrected chi connectivity index (χ1v) is 7.46. The number of nitrogens with one attached hydrogen (secondary N) is 1. The Labute approximate surface area is 122 Å². The molecule has 0 saturated carbocycles. The first kappa shape index (κ1) is 13.9. The van der Waals surface area contributed by atoms with Gasteiger partial charge >= 0.3 is 0 Å². The van der Waals surface area contributed by atoms with Crippen LogP contribution in [0.3, 0.4) is 0 Å². The van der Waals surface area contributed by atoms with Crippen LogP contribution in [0.15, 0.2) is 35.7 Å². The van der Waals surface area contributed by atoms with Crippen molar-refractivity contribution in [1.29, 1.82) is 0 Å². The summed E-state index contributed by atoms with van der Waals surface area (Å²) in [6, 6.07) is 10.3. The number of rotatable bonds is 4. The normalized spacial score (nSPS) is 14.4. The molecule has 1 aromatic carbocycles. The van der Waals surface area contributed by atoms with Crippen molar-refractivity contribution < 1.29 is 0 Å². The summed E-state index contributed by atoms with van der Waals surface area (Å²) < 4.78 is 0. The molecule has 1 N–H and O–H groups in total. The molecular formula is C14H15Cl2NS. The lowest BCUT2D eigenvalue weighted by atomic mass is 10.1. The van der Waals surface area contributed by atoms with Gasteiger partial charge in [-0.25, -0.2) is 0 Å². The summed E-state index contributed by atoms with van der Waals surface area (Å²) in [4.78, 5) is 1.33. The van der Waals surface area contributed by atoms with Crippen LogP contribution in [0.4, 0.5) is 0 Å². The van der Waals surface area contributed by atoms with Crippen LogP contribution in [0.5, 0.6) is 0 Å². The molecule has 0 aliphatic heterocycles. The zero-order valence-electron chi connectivity index (χ0n) is 10.3. The molecule has 0 fully saturated rings. The van der Waals surface area contributed by atoms with Crippen molar-refractivity contribution in [3.63, 3.8) is 0 Å². The van der Waals surface area contributed by atoms with Crippen LogP contribution >= 0.6 is 34.5 Å². The summed E-state index contributed by atoms with van der Waals surface area (Å²) in [6.07, 6.45) is 0. The molecule has 96 valence electrons. The molecule has 2 rings (SSSR count). The van der Waals surface area contributed by atoms with E-state index in [4.69, 9.17) is 23.2 Å². The van der Waals surface area contributed by atoms with Gasteiger partial charge in [0.25, 0.3) is 0 Å². The van der Waals surface area contributed by atoms with Crippen molar-refractivity contribution in [2.45, 2.75) is 25.9 Å². The number of hydrogen-bond acceptors (Lipinski definition) is 2. The highest BCUT2D eigenvalue weighted by Crippen LogP contribution is 2.28. The lowest BCUT2D eigenvalue weighted by Gasteiger charge is -2.20. The van der Waals surface area contributed by atoms with Crippen LogP contribution < -0.4 is 5.32 Å². The zero-order chi connectivity index (χ0) is 13.1. The molecule has 2 atom stereocenters.